The molecule has 6 rings (SSSR count). The molecule has 2 saturated carbocycles. The number of hydrogen-bond donors (Lipinski definition) is 1. The molecule has 1 aromatic carbocycles. The number of nitriles is 1. The molecule has 0 radical (unpaired) electrons. The van der Waals surface area contributed by atoms with Crippen molar-refractivity contribution >= 4 is 32.8 Å². The minimum Gasteiger partial charge on any atom is -0.495 e. The van der Waals surface area contributed by atoms with Crippen LogP contribution in [0.2, 0.25) is 0 Å². The third kappa shape index (κ3) is 6.06. The minimum absolute atomic E-state index is 0.0696. The predicted molar refractivity (Wildman–Crippen MR) is 165 cm³/mol. The Hall–Kier alpha value is -3.69. The summed E-state index contributed by atoms with van der Waals surface area (Å²) in [6.07, 6.45) is 6.53. The van der Waals surface area contributed by atoms with Crippen LogP contribution in [0.1, 0.15) is 50.1 Å². The Kier molecular flexibility index (Phi) is 8.04. The number of pyridine rings is 1. The van der Waals surface area contributed by atoms with Gasteiger partial charge in [0.2, 0.25) is 5.91 Å². The lowest BCUT2D eigenvalue weighted by Gasteiger charge is -2.31. The van der Waals surface area contributed by atoms with Crippen molar-refractivity contribution in [3.63, 3.8) is 0 Å². The third-order valence-electron chi connectivity index (χ3n) is 8.76. The van der Waals surface area contributed by atoms with Crippen LogP contribution >= 0.6 is 11.3 Å². The molecule has 1 N–H and O–H groups in total. The van der Waals surface area contributed by atoms with E-state index in [1.54, 1.807) is 26.5 Å². The van der Waals surface area contributed by atoms with Crippen LogP contribution in [0.5, 0.6) is 11.5 Å². The number of rotatable bonds is 8. The number of thiazole rings is 1. The monoisotopic (exact) mass is 621 g/mol. The summed E-state index contributed by atoms with van der Waals surface area (Å²) in [4.78, 5) is 26.4. The van der Waals surface area contributed by atoms with E-state index in [-0.39, 0.29) is 29.2 Å². The van der Waals surface area contributed by atoms with Gasteiger partial charge >= 0.3 is 0 Å². The zero-order chi connectivity index (χ0) is 30.2. The topological polar surface area (TPSA) is 135 Å². The number of nitrogens with zero attached hydrogens (tertiary/aromatic N) is 4. The van der Waals surface area contributed by atoms with E-state index in [1.165, 1.54) is 11.3 Å². The predicted octanol–water partition coefficient (Wildman–Crippen LogP) is 4.57. The molecule has 1 aliphatic heterocycles. The minimum atomic E-state index is -2.97. The fourth-order valence-electron chi connectivity index (χ4n) is 6.03. The van der Waals surface area contributed by atoms with E-state index < -0.39 is 15.4 Å². The number of methoxy groups -OCH3 is 2. The van der Waals surface area contributed by atoms with Crippen molar-refractivity contribution in [2.75, 3.05) is 43.7 Å². The third-order valence-corrected chi connectivity index (χ3v) is 11.5. The molecule has 2 aliphatic carbocycles. The van der Waals surface area contributed by atoms with Gasteiger partial charge < -0.3 is 19.7 Å². The molecule has 0 unspecified atom stereocenters. The highest BCUT2D eigenvalue weighted by Gasteiger charge is 2.47. The number of sulfone groups is 1. The molecule has 1 amide bonds. The van der Waals surface area contributed by atoms with Crippen LogP contribution in [-0.4, -0.2) is 68.6 Å². The van der Waals surface area contributed by atoms with Crippen LogP contribution in [0.4, 0.5) is 5.69 Å². The standard InChI is InChI=1S/C31H35N5O5S2/c1-40-22-17-25(41-2)27(33-18-22)30-34-26(23-5-3-4-6-24(23)29(37)35-31(19-32)11-12-31)28(42-30)20-7-9-21(10-8-20)36-13-15-43(38,39)16-14-36/h7-10,17-18,23-24H,3-6,11-16H2,1-2H3,(H,35,37)/t23-,24-/m1/s1. The van der Waals surface area contributed by atoms with Crippen molar-refractivity contribution in [3.8, 4) is 38.7 Å². The summed E-state index contributed by atoms with van der Waals surface area (Å²) >= 11 is 1.52. The number of carbonyl (C=O) groups excluding carboxylic acids is 1. The molecule has 3 fully saturated rings. The second kappa shape index (κ2) is 11.8. The average Bonchev–Trinajstić information content (AvgIpc) is 3.67. The van der Waals surface area contributed by atoms with Crippen LogP contribution in [-0.2, 0) is 14.6 Å². The van der Waals surface area contributed by atoms with Crippen molar-refractivity contribution in [2.45, 2.75) is 50.0 Å². The molecule has 10 nitrogen and oxygen atoms in total. The van der Waals surface area contributed by atoms with E-state index in [4.69, 9.17) is 14.5 Å². The lowest BCUT2D eigenvalue weighted by atomic mass is 9.76. The Labute approximate surface area is 256 Å². The number of anilines is 1. The summed E-state index contributed by atoms with van der Waals surface area (Å²) in [6.45, 7) is 0.952. The first-order valence-electron chi connectivity index (χ1n) is 14.6. The normalized spacial score (nSPS) is 22.3. The summed E-state index contributed by atoms with van der Waals surface area (Å²) in [6, 6.07) is 12.2. The van der Waals surface area contributed by atoms with Crippen molar-refractivity contribution < 1.29 is 22.7 Å². The van der Waals surface area contributed by atoms with E-state index in [1.807, 2.05) is 24.3 Å². The van der Waals surface area contributed by atoms with E-state index in [0.29, 0.717) is 48.1 Å². The maximum absolute atomic E-state index is 13.6. The van der Waals surface area contributed by atoms with Gasteiger partial charge in [-0.2, -0.15) is 5.26 Å². The Morgan fingerprint density at radius 1 is 1.12 bits per heavy atom. The molecule has 2 aromatic heterocycles. The zero-order valence-corrected chi connectivity index (χ0v) is 26.0. The van der Waals surface area contributed by atoms with Gasteiger partial charge in [-0.25, -0.2) is 18.4 Å². The highest BCUT2D eigenvalue weighted by atomic mass is 32.2. The highest BCUT2D eigenvalue weighted by molar-refractivity contribution is 7.91. The Morgan fingerprint density at radius 2 is 1.84 bits per heavy atom. The number of nitrogens with one attached hydrogen (secondary N) is 1. The molecule has 1 saturated heterocycles. The van der Waals surface area contributed by atoms with Gasteiger partial charge in [-0.3, -0.25) is 4.79 Å². The molecular formula is C31H35N5O5S2. The summed E-state index contributed by atoms with van der Waals surface area (Å²) < 4.78 is 34.9. The number of hydrogen-bond acceptors (Lipinski definition) is 10. The van der Waals surface area contributed by atoms with Crippen LogP contribution in [0.25, 0.3) is 21.1 Å². The maximum Gasteiger partial charge on any atom is 0.225 e. The summed E-state index contributed by atoms with van der Waals surface area (Å²) in [5, 5.41) is 13.3. The molecule has 226 valence electrons. The molecule has 43 heavy (non-hydrogen) atoms. The SMILES string of the molecule is COc1cnc(-c2nc([C@@H]3CCCC[C@H]3C(=O)NC3(C#N)CC3)c(-c3ccc(N4CCS(=O)(=O)CC4)cc3)s2)c(OC)c1. The van der Waals surface area contributed by atoms with Gasteiger partial charge in [0.15, 0.2) is 15.6 Å². The molecule has 12 heteroatoms. The quantitative estimate of drug-likeness (QED) is 0.384. The summed E-state index contributed by atoms with van der Waals surface area (Å²) in [5.74, 6) is 0.976. The molecule has 0 spiro atoms. The zero-order valence-electron chi connectivity index (χ0n) is 24.3. The van der Waals surface area contributed by atoms with E-state index in [0.717, 1.165) is 47.5 Å². The van der Waals surface area contributed by atoms with Crippen LogP contribution in [0.3, 0.4) is 0 Å². The second-order valence-electron chi connectivity index (χ2n) is 11.5. The molecular weight excluding hydrogens is 587 g/mol. The average molecular weight is 622 g/mol. The van der Waals surface area contributed by atoms with E-state index >= 15 is 0 Å². The van der Waals surface area contributed by atoms with Crippen molar-refractivity contribution in [1.82, 2.24) is 15.3 Å². The fraction of sp³-hybridized carbons (Fsp3) is 0.484. The number of aromatic nitrogens is 2. The number of benzene rings is 1. The Bertz CT molecular complexity index is 1650. The first kappa shape index (κ1) is 29.4. The van der Waals surface area contributed by atoms with Crippen molar-refractivity contribution in [3.05, 3.63) is 42.2 Å². The first-order chi connectivity index (χ1) is 20.7. The van der Waals surface area contributed by atoms with Gasteiger partial charge in [0.05, 0.1) is 48.6 Å². The van der Waals surface area contributed by atoms with Crippen LogP contribution in [0, 0.1) is 17.2 Å². The van der Waals surface area contributed by atoms with Gasteiger partial charge in [-0.05, 0) is 43.4 Å². The van der Waals surface area contributed by atoms with Crippen molar-refractivity contribution in [2.24, 2.45) is 5.92 Å². The largest absolute Gasteiger partial charge is 0.495 e. The van der Waals surface area contributed by atoms with E-state index in [2.05, 4.69) is 21.3 Å². The molecule has 3 heterocycles. The second-order valence-corrected chi connectivity index (χ2v) is 14.8. The van der Waals surface area contributed by atoms with Crippen LogP contribution < -0.4 is 19.7 Å². The Morgan fingerprint density at radius 3 is 2.49 bits per heavy atom. The first-order valence-corrected chi connectivity index (χ1v) is 17.3. The lowest BCUT2D eigenvalue weighted by molar-refractivity contribution is -0.127. The smallest absolute Gasteiger partial charge is 0.225 e. The van der Waals surface area contributed by atoms with Gasteiger partial charge in [0, 0.05) is 36.7 Å². The van der Waals surface area contributed by atoms with Gasteiger partial charge in [-0.1, -0.05) is 25.0 Å². The van der Waals surface area contributed by atoms with Crippen molar-refractivity contribution in [1.29, 1.82) is 5.26 Å². The number of ether oxygens (including phenoxy) is 2. The highest BCUT2D eigenvalue weighted by Crippen LogP contribution is 2.47. The fourth-order valence-corrected chi connectivity index (χ4v) is 8.37. The number of amides is 1. The number of carbonyl (C=O) groups is 1. The lowest BCUT2D eigenvalue weighted by Crippen LogP contribution is -2.42. The van der Waals surface area contributed by atoms with Gasteiger partial charge in [-0.15, -0.1) is 11.3 Å². The molecule has 0 bridgehead atoms. The molecule has 3 aliphatic rings. The van der Waals surface area contributed by atoms with E-state index in [9.17, 15) is 18.5 Å². The molecule has 3 aromatic rings. The van der Waals surface area contributed by atoms with Gasteiger partial charge in [0.25, 0.3) is 0 Å². The maximum atomic E-state index is 13.6. The Balaban J connectivity index is 1.38. The molecule has 2 atom stereocenters. The van der Waals surface area contributed by atoms with Crippen LogP contribution in [0.15, 0.2) is 36.5 Å². The summed E-state index contributed by atoms with van der Waals surface area (Å²) in [5.41, 5.74) is 2.69. The summed E-state index contributed by atoms with van der Waals surface area (Å²) in [7, 11) is 0.194. The van der Waals surface area contributed by atoms with Gasteiger partial charge in [0.1, 0.15) is 22.0 Å².